The van der Waals surface area contributed by atoms with Crippen molar-refractivity contribution in [2.75, 3.05) is 11.9 Å². The molecular weight excluding hydrogens is 462 g/mol. The molecule has 2 aromatic carbocycles. The van der Waals surface area contributed by atoms with Gasteiger partial charge in [0.2, 0.25) is 5.88 Å². The molecule has 1 amide bonds. The Hall–Kier alpha value is -4.46. The lowest BCUT2D eigenvalue weighted by molar-refractivity contribution is 0.0524. The summed E-state index contributed by atoms with van der Waals surface area (Å²) in [6.45, 7) is 8.37. The average molecular weight is 488 g/mol. The number of benzene rings is 2. The van der Waals surface area contributed by atoms with Crippen LogP contribution < -0.4 is 10.7 Å². The third-order valence-electron chi connectivity index (χ3n) is 5.73. The van der Waals surface area contributed by atoms with Gasteiger partial charge in [0.05, 0.1) is 17.6 Å². The first-order chi connectivity index (χ1) is 17.1. The molecule has 0 radical (unpaired) electrons. The summed E-state index contributed by atoms with van der Waals surface area (Å²) in [6.07, 6.45) is 0. The van der Waals surface area contributed by atoms with Crippen LogP contribution in [0.15, 0.2) is 56.1 Å². The highest BCUT2D eigenvalue weighted by molar-refractivity contribution is 6.12. The molecule has 2 heterocycles. The maximum Gasteiger partial charge on any atom is 0.344 e. The van der Waals surface area contributed by atoms with Gasteiger partial charge >= 0.3 is 5.97 Å². The Bertz CT molecular complexity index is 1570. The largest absolute Gasteiger partial charge is 0.462 e. The number of Topliss-reactive ketones (excluding diaryl/α,β-unsaturated/α-hetero) is 1. The molecule has 36 heavy (non-hydrogen) atoms. The summed E-state index contributed by atoms with van der Waals surface area (Å²) in [4.78, 5) is 50.1. The van der Waals surface area contributed by atoms with Crippen molar-refractivity contribution in [3.8, 4) is 11.3 Å². The van der Waals surface area contributed by atoms with Gasteiger partial charge in [-0.1, -0.05) is 18.2 Å². The van der Waals surface area contributed by atoms with Crippen LogP contribution in [0.2, 0.25) is 0 Å². The predicted octanol–water partition coefficient (Wildman–Crippen LogP) is 5.61. The topological polar surface area (TPSA) is 116 Å². The molecule has 8 heteroatoms. The number of nitrogens with one attached hydrogen (secondary N) is 1. The van der Waals surface area contributed by atoms with Crippen LogP contribution in [-0.2, 0) is 4.74 Å². The van der Waals surface area contributed by atoms with Gasteiger partial charge in [-0.25, -0.2) is 4.79 Å². The van der Waals surface area contributed by atoms with Crippen molar-refractivity contribution < 1.29 is 28.0 Å². The number of ether oxygens (including phenoxy) is 1. The molecule has 0 aliphatic carbocycles. The molecule has 0 unspecified atom stereocenters. The Kier molecular flexibility index (Phi) is 6.61. The Morgan fingerprint density at radius 1 is 0.944 bits per heavy atom. The molecule has 0 bridgehead atoms. The van der Waals surface area contributed by atoms with Gasteiger partial charge in [0.15, 0.2) is 11.2 Å². The normalized spacial score (nSPS) is 10.9. The van der Waals surface area contributed by atoms with Crippen molar-refractivity contribution >= 4 is 34.5 Å². The van der Waals surface area contributed by atoms with Crippen LogP contribution in [0.25, 0.3) is 22.3 Å². The third-order valence-corrected chi connectivity index (χ3v) is 5.73. The van der Waals surface area contributed by atoms with Gasteiger partial charge < -0.3 is 13.6 Å². The summed E-state index contributed by atoms with van der Waals surface area (Å²) in [6, 6.07) is 11.6. The van der Waals surface area contributed by atoms with Crippen LogP contribution in [0.3, 0.4) is 0 Å². The highest BCUT2D eigenvalue weighted by Crippen LogP contribution is 2.30. The quantitative estimate of drug-likeness (QED) is 0.278. The maximum atomic E-state index is 12.9. The van der Waals surface area contributed by atoms with E-state index in [4.69, 9.17) is 13.6 Å². The number of anilines is 1. The van der Waals surface area contributed by atoms with E-state index in [0.29, 0.717) is 22.3 Å². The first-order valence-electron chi connectivity index (χ1n) is 11.4. The van der Waals surface area contributed by atoms with Crippen LogP contribution in [0.5, 0.6) is 0 Å². The second kappa shape index (κ2) is 9.65. The summed E-state index contributed by atoms with van der Waals surface area (Å²) in [5, 5.41) is 3.07. The van der Waals surface area contributed by atoms with Crippen LogP contribution in [0.1, 0.15) is 61.8 Å². The fraction of sp³-hybridized carbons (Fsp3) is 0.214. The highest BCUT2D eigenvalue weighted by Gasteiger charge is 2.29. The number of hydrogen-bond acceptors (Lipinski definition) is 7. The molecule has 0 fully saturated rings. The first kappa shape index (κ1) is 24.7. The summed E-state index contributed by atoms with van der Waals surface area (Å²) in [7, 11) is 0. The van der Waals surface area contributed by atoms with Crippen molar-refractivity contribution in [2.45, 2.75) is 34.6 Å². The third kappa shape index (κ3) is 4.57. The van der Waals surface area contributed by atoms with E-state index in [1.54, 1.807) is 37.3 Å². The van der Waals surface area contributed by atoms with E-state index in [9.17, 15) is 19.2 Å². The van der Waals surface area contributed by atoms with Gasteiger partial charge in [-0.2, -0.15) is 0 Å². The van der Waals surface area contributed by atoms with E-state index in [1.165, 1.54) is 19.9 Å². The maximum absolute atomic E-state index is 12.9. The zero-order valence-corrected chi connectivity index (χ0v) is 20.6. The number of aryl methyl sites for hydroxylation is 3. The molecule has 4 aromatic rings. The van der Waals surface area contributed by atoms with E-state index < -0.39 is 11.9 Å². The second-order valence-corrected chi connectivity index (χ2v) is 8.48. The second-order valence-electron chi connectivity index (χ2n) is 8.48. The lowest BCUT2D eigenvalue weighted by Gasteiger charge is -2.08. The first-order valence-corrected chi connectivity index (χ1v) is 11.4. The molecule has 0 aliphatic rings. The molecule has 0 saturated heterocycles. The summed E-state index contributed by atoms with van der Waals surface area (Å²) in [5.74, 6) is -1.27. The van der Waals surface area contributed by atoms with E-state index in [-0.39, 0.29) is 46.2 Å². The molecule has 184 valence electrons. The van der Waals surface area contributed by atoms with E-state index in [1.807, 2.05) is 19.9 Å². The van der Waals surface area contributed by atoms with Crippen molar-refractivity contribution in [2.24, 2.45) is 0 Å². The molecule has 0 aliphatic heterocycles. The summed E-state index contributed by atoms with van der Waals surface area (Å²) < 4.78 is 16.6. The number of esters is 1. The standard InChI is InChI=1S/C28H25NO7/c1-6-34-28(33)24-23(16(4)30)17(5)35-27(24)29-26(32)19-9-7-18(8-10-19)22-13-21(31)20-12-14(2)11-15(3)25(20)36-22/h7-13H,6H2,1-5H3,(H,29,32). The van der Waals surface area contributed by atoms with Crippen LogP contribution in [0, 0.1) is 20.8 Å². The van der Waals surface area contributed by atoms with Gasteiger partial charge in [-0.05, 0) is 63.9 Å². The van der Waals surface area contributed by atoms with Gasteiger partial charge in [0.1, 0.15) is 22.7 Å². The van der Waals surface area contributed by atoms with Gasteiger partial charge in [-0.3, -0.25) is 19.7 Å². The zero-order valence-electron chi connectivity index (χ0n) is 20.6. The van der Waals surface area contributed by atoms with Crippen molar-refractivity contribution in [1.29, 1.82) is 0 Å². The predicted molar refractivity (Wildman–Crippen MR) is 135 cm³/mol. The Morgan fingerprint density at radius 3 is 2.28 bits per heavy atom. The minimum atomic E-state index is -0.762. The fourth-order valence-electron chi connectivity index (χ4n) is 4.17. The van der Waals surface area contributed by atoms with Crippen molar-refractivity contribution in [3.63, 3.8) is 0 Å². The monoisotopic (exact) mass is 487 g/mol. The number of amides is 1. The minimum Gasteiger partial charge on any atom is -0.462 e. The van der Waals surface area contributed by atoms with E-state index in [0.717, 1.165) is 11.1 Å². The number of carbonyl (C=O) groups excluding carboxylic acids is 3. The van der Waals surface area contributed by atoms with Crippen molar-refractivity contribution in [3.05, 3.63) is 86.3 Å². The number of ketones is 1. The number of carbonyl (C=O) groups is 3. The molecular formula is C28H25NO7. The van der Waals surface area contributed by atoms with Gasteiger partial charge in [-0.15, -0.1) is 0 Å². The fourth-order valence-corrected chi connectivity index (χ4v) is 4.17. The van der Waals surface area contributed by atoms with Gasteiger partial charge in [0, 0.05) is 17.2 Å². The summed E-state index contributed by atoms with van der Waals surface area (Å²) in [5.41, 5.74) is 3.03. The number of hydrogen-bond donors (Lipinski definition) is 1. The lowest BCUT2D eigenvalue weighted by atomic mass is 10.0. The molecule has 8 nitrogen and oxygen atoms in total. The van der Waals surface area contributed by atoms with E-state index in [2.05, 4.69) is 5.32 Å². The number of fused-ring (bicyclic) bond motifs is 1. The smallest absolute Gasteiger partial charge is 0.344 e. The summed E-state index contributed by atoms with van der Waals surface area (Å²) >= 11 is 0. The number of furan rings is 1. The highest BCUT2D eigenvalue weighted by atomic mass is 16.5. The Labute approximate surface area is 206 Å². The lowest BCUT2D eigenvalue weighted by Crippen LogP contribution is -2.16. The molecule has 4 rings (SSSR count). The van der Waals surface area contributed by atoms with Crippen molar-refractivity contribution in [1.82, 2.24) is 0 Å². The molecule has 2 aromatic heterocycles. The molecule has 0 atom stereocenters. The SMILES string of the molecule is CCOC(=O)c1c(NC(=O)c2ccc(-c3cc(=O)c4cc(C)cc(C)c4o3)cc2)oc(C)c1C(C)=O. The average Bonchev–Trinajstić information content (AvgIpc) is 3.15. The Balaban J connectivity index is 1.64. The zero-order chi connectivity index (χ0) is 26.1. The van der Waals surface area contributed by atoms with Crippen LogP contribution >= 0.6 is 0 Å². The number of rotatable bonds is 6. The molecule has 0 spiro atoms. The molecule has 1 N–H and O–H groups in total. The minimum absolute atomic E-state index is 0.0657. The molecule has 0 saturated carbocycles. The van der Waals surface area contributed by atoms with E-state index >= 15 is 0 Å². The van der Waals surface area contributed by atoms with Crippen LogP contribution in [-0.4, -0.2) is 24.3 Å². The van der Waals surface area contributed by atoms with Crippen LogP contribution in [0.4, 0.5) is 5.88 Å². The Morgan fingerprint density at radius 2 is 1.64 bits per heavy atom. The van der Waals surface area contributed by atoms with Gasteiger partial charge in [0.25, 0.3) is 5.91 Å².